The Morgan fingerprint density at radius 3 is 2.46 bits per heavy atom. The quantitative estimate of drug-likeness (QED) is 0.242. The van der Waals surface area contributed by atoms with Crippen molar-refractivity contribution in [1.29, 1.82) is 0 Å². The molecule has 6 nitrogen and oxygen atoms in total. The normalized spacial score (nSPS) is 11.8. The van der Waals surface area contributed by atoms with Crippen molar-refractivity contribution in [3.63, 3.8) is 0 Å². The molecule has 0 spiro atoms. The summed E-state index contributed by atoms with van der Waals surface area (Å²) in [6, 6.07) is 13.3. The highest BCUT2D eigenvalue weighted by molar-refractivity contribution is 6.28. The topological polar surface area (TPSA) is 65.6 Å². The maximum atomic E-state index is 14.8. The zero-order valence-electron chi connectivity index (χ0n) is 17.7. The molecule has 35 heavy (non-hydrogen) atoms. The lowest BCUT2D eigenvalue weighted by Gasteiger charge is -2.08. The van der Waals surface area contributed by atoms with Gasteiger partial charge in [0.15, 0.2) is 0 Å². The minimum Gasteiger partial charge on any atom is -0.309 e. The van der Waals surface area contributed by atoms with Crippen LogP contribution < -0.4 is 5.56 Å². The number of para-hydroxylation sites is 1. The summed E-state index contributed by atoms with van der Waals surface area (Å²) < 4.78 is 56.4. The van der Waals surface area contributed by atoms with Gasteiger partial charge in [0, 0.05) is 29.4 Å². The van der Waals surface area contributed by atoms with E-state index < -0.39 is 17.6 Å². The van der Waals surface area contributed by atoms with Crippen molar-refractivity contribution in [2.75, 3.05) is 0 Å². The van der Waals surface area contributed by atoms with Crippen LogP contribution in [0.2, 0.25) is 5.28 Å². The molecule has 0 bridgehead atoms. The molecule has 11 heteroatoms. The van der Waals surface area contributed by atoms with Gasteiger partial charge in [0.2, 0.25) is 5.28 Å². The third kappa shape index (κ3) is 4.40. The van der Waals surface area contributed by atoms with Gasteiger partial charge in [-0.25, -0.2) is 19.0 Å². The summed E-state index contributed by atoms with van der Waals surface area (Å²) in [6.45, 7) is 0.163. The van der Waals surface area contributed by atoms with E-state index in [9.17, 15) is 22.4 Å². The monoisotopic (exact) mass is 499 g/mol. The molecular formula is C24H14ClF4N5O. The van der Waals surface area contributed by atoms with Crippen molar-refractivity contribution in [2.24, 2.45) is 0 Å². The first-order valence-corrected chi connectivity index (χ1v) is 10.6. The molecule has 3 heterocycles. The zero-order valence-corrected chi connectivity index (χ0v) is 18.4. The van der Waals surface area contributed by atoms with Crippen molar-refractivity contribution in [2.45, 2.75) is 12.7 Å². The van der Waals surface area contributed by atoms with Crippen LogP contribution >= 0.6 is 11.6 Å². The van der Waals surface area contributed by atoms with Crippen LogP contribution in [-0.2, 0) is 12.7 Å². The molecule has 0 unspecified atom stereocenters. The molecular weight excluding hydrogens is 486 g/mol. The lowest BCUT2D eigenvalue weighted by Crippen LogP contribution is -2.19. The number of halogens is 5. The van der Waals surface area contributed by atoms with Gasteiger partial charge in [0.1, 0.15) is 17.0 Å². The summed E-state index contributed by atoms with van der Waals surface area (Å²) >= 11 is 5.80. The average Bonchev–Trinajstić information content (AvgIpc) is 3.21. The lowest BCUT2D eigenvalue weighted by molar-refractivity contribution is -0.137. The van der Waals surface area contributed by atoms with Crippen molar-refractivity contribution in [1.82, 2.24) is 24.3 Å². The van der Waals surface area contributed by atoms with Crippen LogP contribution in [0.4, 0.5) is 17.6 Å². The number of hydrogen-bond donors (Lipinski definition) is 0. The summed E-state index contributed by atoms with van der Waals surface area (Å²) in [4.78, 5) is 20.7. The maximum Gasteiger partial charge on any atom is 0.416 e. The van der Waals surface area contributed by atoms with Crippen LogP contribution in [0.5, 0.6) is 0 Å². The summed E-state index contributed by atoms with van der Waals surface area (Å²) in [5.41, 5.74) is 0.425. The minimum atomic E-state index is -4.50. The molecule has 0 radical (unpaired) electrons. The Morgan fingerprint density at radius 1 is 1.00 bits per heavy atom. The molecule has 5 aromatic rings. The number of fused-ring (bicyclic) bond motifs is 1. The van der Waals surface area contributed by atoms with Crippen molar-refractivity contribution in [3.8, 4) is 16.9 Å². The van der Waals surface area contributed by atoms with E-state index in [1.165, 1.54) is 45.8 Å². The molecule has 0 fully saturated rings. The van der Waals surface area contributed by atoms with Crippen molar-refractivity contribution < 1.29 is 17.6 Å². The fourth-order valence-electron chi connectivity index (χ4n) is 3.73. The average molecular weight is 500 g/mol. The Hall–Kier alpha value is -4.05. The molecule has 0 amide bonds. The number of rotatable bonds is 4. The third-order valence-electron chi connectivity index (χ3n) is 5.38. The first kappa shape index (κ1) is 22.7. The smallest absolute Gasteiger partial charge is 0.309 e. The number of benzene rings is 2. The molecule has 3 aromatic heterocycles. The number of nitrogens with zero attached hydrogens (tertiary/aromatic N) is 5. The summed E-state index contributed by atoms with van der Waals surface area (Å²) in [5, 5.41) is 4.93. The molecule has 5 rings (SSSR count). The molecule has 2 aromatic carbocycles. The number of aromatic nitrogens is 5. The molecule has 0 aliphatic carbocycles. The Bertz CT molecular complexity index is 1610. The van der Waals surface area contributed by atoms with Crippen LogP contribution in [0.3, 0.4) is 0 Å². The van der Waals surface area contributed by atoms with Crippen LogP contribution in [-0.4, -0.2) is 24.3 Å². The van der Waals surface area contributed by atoms with Gasteiger partial charge in [-0.15, -0.1) is 0 Å². The van der Waals surface area contributed by atoms with Gasteiger partial charge in [-0.05, 0) is 54.1 Å². The summed E-state index contributed by atoms with van der Waals surface area (Å²) in [6.07, 6.45) is -1.46. The maximum absolute atomic E-state index is 14.8. The van der Waals surface area contributed by atoms with Gasteiger partial charge >= 0.3 is 6.18 Å². The van der Waals surface area contributed by atoms with Crippen molar-refractivity contribution in [3.05, 3.63) is 106 Å². The summed E-state index contributed by atoms with van der Waals surface area (Å²) in [5.74, 6) is -0.602. The van der Waals surface area contributed by atoms with Gasteiger partial charge < -0.3 is 4.57 Å². The number of alkyl halides is 3. The second-order valence-corrected chi connectivity index (χ2v) is 7.98. The largest absolute Gasteiger partial charge is 0.416 e. The Kier molecular flexibility index (Phi) is 5.60. The molecule has 176 valence electrons. The fourth-order valence-corrected chi connectivity index (χ4v) is 3.90. The van der Waals surface area contributed by atoms with E-state index in [0.717, 1.165) is 12.1 Å². The Balaban J connectivity index is 1.58. The molecule has 0 aliphatic rings. The highest BCUT2D eigenvalue weighted by Gasteiger charge is 2.30. The van der Waals surface area contributed by atoms with E-state index in [4.69, 9.17) is 11.6 Å². The second-order valence-electron chi connectivity index (χ2n) is 7.64. The van der Waals surface area contributed by atoms with Crippen molar-refractivity contribution >= 4 is 22.5 Å². The first-order chi connectivity index (χ1) is 16.7. The van der Waals surface area contributed by atoms with Gasteiger partial charge in [-0.3, -0.25) is 4.79 Å². The van der Waals surface area contributed by atoms with E-state index in [1.807, 2.05) is 0 Å². The third-order valence-corrected chi connectivity index (χ3v) is 5.56. The first-order valence-electron chi connectivity index (χ1n) is 10.2. The van der Waals surface area contributed by atoms with Crippen LogP contribution in [0, 0.1) is 5.82 Å². The van der Waals surface area contributed by atoms with Gasteiger partial charge in [0.05, 0.1) is 23.5 Å². The molecule has 0 N–H and O–H groups in total. The molecule has 0 aliphatic heterocycles. The molecule has 0 atom stereocenters. The standard InChI is InChI=1S/C24H14ClF4N5O/c25-23-30-10-8-16(31-23)13-33-11-9-14(12-20(33)35)21-18-2-1-3-19(26)22(18)34(32-21)17-6-4-15(5-7-17)24(27,28)29/h1-12H,13H2. The molecule has 0 saturated heterocycles. The fraction of sp³-hybridized carbons (Fsp3) is 0.0833. The SMILES string of the molecule is O=c1cc(-c2nn(-c3ccc(C(F)(F)F)cc3)c3c(F)cccc23)ccn1Cc1ccnc(Cl)n1. The Labute approximate surface area is 200 Å². The van der Waals surface area contributed by atoms with Crippen LogP contribution in [0.25, 0.3) is 27.8 Å². The second kappa shape index (κ2) is 8.62. The lowest BCUT2D eigenvalue weighted by atomic mass is 10.1. The van der Waals surface area contributed by atoms with E-state index in [-0.39, 0.29) is 28.6 Å². The minimum absolute atomic E-state index is 0.0643. The predicted octanol–water partition coefficient (Wildman–Crippen LogP) is 5.50. The van der Waals surface area contributed by atoms with Gasteiger partial charge in [-0.1, -0.05) is 12.1 Å². The van der Waals surface area contributed by atoms with Crippen LogP contribution in [0.15, 0.2) is 77.9 Å². The number of hydrogen-bond acceptors (Lipinski definition) is 4. The zero-order chi connectivity index (χ0) is 24.7. The predicted molar refractivity (Wildman–Crippen MR) is 122 cm³/mol. The van der Waals surface area contributed by atoms with E-state index in [0.29, 0.717) is 22.3 Å². The highest BCUT2D eigenvalue weighted by atomic mass is 35.5. The number of pyridine rings is 1. The highest BCUT2D eigenvalue weighted by Crippen LogP contribution is 2.33. The van der Waals surface area contributed by atoms with Crippen LogP contribution in [0.1, 0.15) is 11.3 Å². The Morgan fingerprint density at radius 2 is 1.77 bits per heavy atom. The van der Waals surface area contributed by atoms with E-state index in [1.54, 1.807) is 24.4 Å². The van der Waals surface area contributed by atoms with E-state index in [2.05, 4.69) is 15.1 Å². The summed E-state index contributed by atoms with van der Waals surface area (Å²) in [7, 11) is 0. The van der Waals surface area contributed by atoms with Gasteiger partial charge in [0.25, 0.3) is 5.56 Å². The molecule has 0 saturated carbocycles. The van der Waals surface area contributed by atoms with Gasteiger partial charge in [-0.2, -0.15) is 18.3 Å². The van der Waals surface area contributed by atoms with E-state index >= 15 is 0 Å².